The first kappa shape index (κ1) is 13.7. The normalized spacial score (nSPS) is 20.0. The molecule has 2 amide bonds. The van der Waals surface area contributed by atoms with Gasteiger partial charge in [-0.25, -0.2) is 4.98 Å². The molecule has 2 aliphatic heterocycles. The van der Waals surface area contributed by atoms with Crippen LogP contribution in [0.25, 0.3) is 5.57 Å². The molecule has 0 spiro atoms. The van der Waals surface area contributed by atoms with Gasteiger partial charge in [-0.15, -0.1) is 0 Å². The Bertz CT molecular complexity index is 842. The van der Waals surface area contributed by atoms with Gasteiger partial charge >= 0.3 is 0 Å². The lowest BCUT2D eigenvalue weighted by Gasteiger charge is -2.25. The number of nitrogens with one attached hydrogen (secondary N) is 2. The minimum atomic E-state index is -0.340. The van der Waals surface area contributed by atoms with Crippen LogP contribution in [-0.2, 0) is 16.0 Å². The molecule has 1 aromatic carbocycles. The van der Waals surface area contributed by atoms with Crippen LogP contribution < -0.4 is 15.2 Å². The van der Waals surface area contributed by atoms with E-state index >= 15 is 0 Å². The minimum absolute atomic E-state index is 0.129. The van der Waals surface area contributed by atoms with E-state index in [-0.39, 0.29) is 17.9 Å². The Morgan fingerprint density at radius 3 is 2.61 bits per heavy atom. The van der Waals surface area contributed by atoms with E-state index in [4.69, 9.17) is 0 Å². The molecule has 5 nitrogen and oxygen atoms in total. The van der Waals surface area contributed by atoms with E-state index in [1.807, 2.05) is 23.1 Å². The van der Waals surface area contributed by atoms with Gasteiger partial charge in [0.25, 0.3) is 11.8 Å². The lowest BCUT2D eigenvalue weighted by Crippen LogP contribution is -2.34. The highest BCUT2D eigenvalue weighted by Crippen LogP contribution is 2.38. The lowest BCUT2D eigenvalue weighted by molar-refractivity contribution is -0.378. The highest BCUT2D eigenvalue weighted by Gasteiger charge is 2.40. The summed E-state index contributed by atoms with van der Waals surface area (Å²) < 4.78 is 0. The van der Waals surface area contributed by atoms with E-state index in [2.05, 4.69) is 23.3 Å². The molecule has 114 valence electrons. The quantitative estimate of drug-likeness (QED) is 0.851. The van der Waals surface area contributed by atoms with Crippen LogP contribution in [0.15, 0.2) is 54.5 Å². The van der Waals surface area contributed by atoms with Crippen LogP contribution in [0.3, 0.4) is 0 Å². The Morgan fingerprint density at radius 1 is 1.09 bits per heavy atom. The molecule has 0 bridgehead atoms. The van der Waals surface area contributed by atoms with Crippen molar-refractivity contribution < 1.29 is 14.6 Å². The van der Waals surface area contributed by atoms with Crippen LogP contribution in [0.1, 0.15) is 18.1 Å². The summed E-state index contributed by atoms with van der Waals surface area (Å²) in [5, 5.41) is 2.44. The Labute approximate surface area is 133 Å². The monoisotopic (exact) mass is 306 g/mol. The number of nitrogens with zero attached hydrogens (tertiary/aromatic N) is 1. The molecule has 4 rings (SSSR count). The number of aromatic amines is 1. The van der Waals surface area contributed by atoms with Gasteiger partial charge < -0.3 is 4.90 Å². The number of rotatable bonds is 2. The van der Waals surface area contributed by atoms with Crippen LogP contribution in [-0.4, -0.2) is 17.9 Å². The van der Waals surface area contributed by atoms with E-state index < -0.39 is 0 Å². The summed E-state index contributed by atoms with van der Waals surface area (Å²) in [5.74, 6) is -0.672. The van der Waals surface area contributed by atoms with Crippen molar-refractivity contribution in [3.8, 4) is 0 Å². The maximum Gasteiger partial charge on any atom is 0.275 e. The summed E-state index contributed by atoms with van der Waals surface area (Å²) in [4.78, 5) is 29.7. The number of carbonyl (C=O) groups is 2. The van der Waals surface area contributed by atoms with Crippen molar-refractivity contribution >= 4 is 23.1 Å². The molecule has 0 fully saturated rings. The fraction of sp³-hybridized carbons (Fsp3) is 0.167. The average Bonchev–Trinajstić information content (AvgIpc) is 3.03. The largest absolute Gasteiger partial charge is 0.333 e. The second kappa shape index (κ2) is 5.05. The topological polar surface area (TPSA) is 63.6 Å². The number of imide groups is 1. The highest BCUT2D eigenvalue weighted by molar-refractivity contribution is 6.37. The Morgan fingerprint density at radius 2 is 1.83 bits per heavy atom. The second-order valence-corrected chi connectivity index (χ2v) is 5.85. The molecule has 1 atom stereocenters. The Kier molecular flexibility index (Phi) is 3.01. The summed E-state index contributed by atoms with van der Waals surface area (Å²) in [7, 11) is 0. The predicted octanol–water partition coefficient (Wildman–Crippen LogP) is 1.32. The van der Waals surface area contributed by atoms with Gasteiger partial charge in [-0.05, 0) is 25.0 Å². The fourth-order valence-corrected chi connectivity index (χ4v) is 3.40. The third kappa shape index (κ3) is 2.04. The highest BCUT2D eigenvalue weighted by atomic mass is 16.2. The van der Waals surface area contributed by atoms with Gasteiger partial charge in [0.2, 0.25) is 0 Å². The number of aromatic nitrogens is 1. The summed E-state index contributed by atoms with van der Waals surface area (Å²) in [5.41, 5.74) is 3.81. The molecule has 5 heteroatoms. The maximum absolute atomic E-state index is 12.5. The Hall–Kier alpha value is -2.95. The molecule has 0 saturated heterocycles. The second-order valence-electron chi connectivity index (χ2n) is 5.85. The minimum Gasteiger partial charge on any atom is -0.333 e. The van der Waals surface area contributed by atoms with Gasteiger partial charge in [0.05, 0.1) is 5.57 Å². The van der Waals surface area contributed by atoms with Crippen LogP contribution in [0.2, 0.25) is 0 Å². The molecule has 23 heavy (non-hydrogen) atoms. The van der Waals surface area contributed by atoms with Crippen molar-refractivity contribution in [3.05, 3.63) is 65.6 Å². The zero-order chi connectivity index (χ0) is 16.0. The smallest absolute Gasteiger partial charge is 0.275 e. The Balaban J connectivity index is 1.93. The van der Waals surface area contributed by atoms with Crippen molar-refractivity contribution in [1.29, 1.82) is 0 Å². The van der Waals surface area contributed by atoms with Crippen LogP contribution in [0, 0.1) is 0 Å². The van der Waals surface area contributed by atoms with Crippen LogP contribution in [0.5, 0.6) is 0 Å². The van der Waals surface area contributed by atoms with Crippen molar-refractivity contribution in [2.75, 3.05) is 4.90 Å². The molecule has 1 aromatic heterocycles. The first-order valence-electron chi connectivity index (χ1n) is 7.60. The van der Waals surface area contributed by atoms with E-state index in [0.29, 0.717) is 11.3 Å². The molecule has 2 aromatic rings. The number of hydrogen-bond donors (Lipinski definition) is 1. The standard InChI is InChI=1S/C18H15N3O2/c1-11-10-13-4-2-3-5-14(13)21(11)16-15(17(22)20-18(16)23)12-6-8-19-9-7-12/h2-9,11H,10H2,1H3,(H,20,22,23)/p+1. The van der Waals surface area contributed by atoms with E-state index in [1.54, 1.807) is 24.5 Å². The summed E-state index contributed by atoms with van der Waals surface area (Å²) in [6, 6.07) is 11.8. The van der Waals surface area contributed by atoms with Gasteiger partial charge in [-0.2, -0.15) is 0 Å². The van der Waals surface area contributed by atoms with E-state index in [0.717, 1.165) is 17.7 Å². The van der Waals surface area contributed by atoms with E-state index in [9.17, 15) is 9.59 Å². The van der Waals surface area contributed by atoms with Gasteiger partial charge in [-0.3, -0.25) is 14.9 Å². The molecule has 0 saturated carbocycles. The number of anilines is 1. The zero-order valence-electron chi connectivity index (χ0n) is 12.7. The van der Waals surface area contributed by atoms with Gasteiger partial charge in [0.15, 0.2) is 12.4 Å². The molecule has 2 N–H and O–H groups in total. The third-order valence-electron chi connectivity index (χ3n) is 4.36. The summed E-state index contributed by atoms with van der Waals surface area (Å²) in [6.07, 6.45) is 4.35. The summed E-state index contributed by atoms with van der Waals surface area (Å²) >= 11 is 0. The number of amides is 2. The van der Waals surface area contributed by atoms with Crippen molar-refractivity contribution in [1.82, 2.24) is 5.32 Å². The zero-order valence-corrected chi connectivity index (χ0v) is 12.7. The number of hydrogen-bond acceptors (Lipinski definition) is 3. The van der Waals surface area contributed by atoms with Crippen LogP contribution in [0.4, 0.5) is 5.69 Å². The van der Waals surface area contributed by atoms with Gasteiger partial charge in [0, 0.05) is 29.4 Å². The average molecular weight is 306 g/mol. The molecule has 0 radical (unpaired) electrons. The molecule has 3 heterocycles. The van der Waals surface area contributed by atoms with Gasteiger partial charge in [-0.1, -0.05) is 18.2 Å². The first-order valence-corrected chi connectivity index (χ1v) is 7.60. The van der Waals surface area contributed by atoms with Crippen molar-refractivity contribution in [3.63, 3.8) is 0 Å². The molecule has 0 aliphatic carbocycles. The fourth-order valence-electron chi connectivity index (χ4n) is 3.40. The number of pyridine rings is 1. The SMILES string of the molecule is CC1Cc2ccccc2N1C1=C(c2cc[nH+]cc2)C(=O)NC1=O. The predicted molar refractivity (Wildman–Crippen MR) is 85.2 cm³/mol. The summed E-state index contributed by atoms with van der Waals surface area (Å²) in [6.45, 7) is 2.07. The van der Waals surface area contributed by atoms with Crippen molar-refractivity contribution in [2.45, 2.75) is 19.4 Å². The van der Waals surface area contributed by atoms with E-state index in [1.165, 1.54) is 5.56 Å². The molecule has 2 aliphatic rings. The number of H-pyrrole nitrogens is 1. The molecular formula is C18H16N3O2+. The van der Waals surface area contributed by atoms with Crippen molar-refractivity contribution in [2.24, 2.45) is 0 Å². The number of para-hydroxylation sites is 1. The number of benzene rings is 1. The molecule has 1 unspecified atom stereocenters. The molecular weight excluding hydrogens is 290 g/mol. The lowest BCUT2D eigenvalue weighted by atomic mass is 10.1. The van der Waals surface area contributed by atoms with Gasteiger partial charge in [0.1, 0.15) is 5.70 Å². The number of carbonyl (C=O) groups excluding carboxylic acids is 2. The first-order chi connectivity index (χ1) is 11.2. The maximum atomic E-state index is 12.5. The van der Waals surface area contributed by atoms with Crippen LogP contribution >= 0.6 is 0 Å². The number of fused-ring (bicyclic) bond motifs is 1. The third-order valence-corrected chi connectivity index (χ3v) is 4.36.